The van der Waals surface area contributed by atoms with Gasteiger partial charge in [0.25, 0.3) is 0 Å². The van der Waals surface area contributed by atoms with Crippen molar-refractivity contribution in [1.82, 2.24) is 0 Å². The number of hydrogen-bond acceptors (Lipinski definition) is 2. The van der Waals surface area contributed by atoms with Gasteiger partial charge >= 0.3 is 0 Å². The molecule has 0 radical (unpaired) electrons. The quantitative estimate of drug-likeness (QED) is 0.884. The van der Waals surface area contributed by atoms with Crippen molar-refractivity contribution in [2.24, 2.45) is 0 Å². The number of amides is 1. The van der Waals surface area contributed by atoms with E-state index >= 15 is 0 Å². The van der Waals surface area contributed by atoms with Gasteiger partial charge in [0, 0.05) is 11.4 Å². The Balaban J connectivity index is 2.04. The normalized spacial score (nSPS) is 11.8. The number of methoxy groups -OCH3 is 1. The maximum atomic E-state index is 12.2. The molecule has 4 heteroatoms. The molecule has 0 aromatic heterocycles. The van der Waals surface area contributed by atoms with Crippen LogP contribution in [0.25, 0.3) is 0 Å². The van der Waals surface area contributed by atoms with E-state index in [1.54, 1.807) is 25.3 Å². The van der Waals surface area contributed by atoms with E-state index < -0.39 is 0 Å². The summed E-state index contributed by atoms with van der Waals surface area (Å²) in [5.41, 5.74) is 1.74. The van der Waals surface area contributed by atoms with Gasteiger partial charge in [-0.15, -0.1) is 0 Å². The van der Waals surface area contributed by atoms with Gasteiger partial charge in [-0.3, -0.25) is 4.79 Å². The van der Waals surface area contributed by atoms with Gasteiger partial charge in [0.15, 0.2) is 0 Å². The van der Waals surface area contributed by atoms with E-state index in [1.807, 2.05) is 37.3 Å². The predicted octanol–water partition coefficient (Wildman–Crippen LogP) is 4.48. The van der Waals surface area contributed by atoms with Crippen molar-refractivity contribution in [3.05, 3.63) is 59.1 Å². The molecule has 0 heterocycles. The first-order valence-corrected chi connectivity index (χ1v) is 7.16. The zero-order valence-corrected chi connectivity index (χ0v) is 12.9. The van der Waals surface area contributed by atoms with Crippen LogP contribution in [-0.2, 0) is 4.79 Å². The summed E-state index contributed by atoms with van der Waals surface area (Å²) in [7, 11) is 1.56. The Hall–Kier alpha value is -2.00. The molecule has 0 bridgehead atoms. The topological polar surface area (TPSA) is 38.3 Å². The highest BCUT2D eigenvalue weighted by Gasteiger charge is 2.13. The molecule has 0 saturated heterocycles. The van der Waals surface area contributed by atoms with E-state index in [-0.39, 0.29) is 11.8 Å². The molecule has 0 saturated carbocycles. The van der Waals surface area contributed by atoms with Gasteiger partial charge in [-0.1, -0.05) is 48.9 Å². The van der Waals surface area contributed by atoms with E-state index in [0.717, 1.165) is 5.56 Å². The first kappa shape index (κ1) is 15.4. The molecule has 0 aliphatic rings. The standard InChI is InChI=1S/C17H18ClNO2/c1-12(13-6-4-3-5-7-13)10-17(20)19-15-11-14(18)8-9-16(15)21-2/h3-9,11-12H,10H2,1-2H3,(H,19,20)/t12-/m1/s1. The van der Waals surface area contributed by atoms with Crippen LogP contribution >= 0.6 is 11.6 Å². The van der Waals surface area contributed by atoms with Gasteiger partial charge in [-0.05, 0) is 29.7 Å². The van der Waals surface area contributed by atoms with Crippen LogP contribution in [0.2, 0.25) is 5.02 Å². The molecular weight excluding hydrogens is 286 g/mol. The second kappa shape index (κ2) is 7.14. The summed E-state index contributed by atoms with van der Waals surface area (Å²) in [4.78, 5) is 12.2. The van der Waals surface area contributed by atoms with Crippen molar-refractivity contribution in [1.29, 1.82) is 0 Å². The highest BCUT2D eigenvalue weighted by molar-refractivity contribution is 6.31. The molecule has 0 fully saturated rings. The fraction of sp³-hybridized carbons (Fsp3) is 0.235. The average Bonchev–Trinajstić information content (AvgIpc) is 2.48. The number of rotatable bonds is 5. The Morgan fingerprint density at radius 1 is 1.24 bits per heavy atom. The summed E-state index contributed by atoms with van der Waals surface area (Å²) >= 11 is 5.95. The third kappa shape index (κ3) is 4.23. The molecule has 21 heavy (non-hydrogen) atoms. The molecule has 2 rings (SSSR count). The highest BCUT2D eigenvalue weighted by Crippen LogP contribution is 2.28. The smallest absolute Gasteiger partial charge is 0.225 e. The van der Waals surface area contributed by atoms with Gasteiger partial charge in [-0.2, -0.15) is 0 Å². The Labute approximate surface area is 129 Å². The van der Waals surface area contributed by atoms with Gasteiger partial charge < -0.3 is 10.1 Å². The van der Waals surface area contributed by atoms with Crippen molar-refractivity contribution in [3.63, 3.8) is 0 Å². The van der Waals surface area contributed by atoms with Crippen LogP contribution in [0.15, 0.2) is 48.5 Å². The second-order valence-corrected chi connectivity index (χ2v) is 5.35. The van der Waals surface area contributed by atoms with Crippen LogP contribution in [-0.4, -0.2) is 13.0 Å². The van der Waals surface area contributed by atoms with Crippen LogP contribution in [0.5, 0.6) is 5.75 Å². The number of carbonyl (C=O) groups excluding carboxylic acids is 1. The lowest BCUT2D eigenvalue weighted by Crippen LogP contribution is -2.15. The first-order chi connectivity index (χ1) is 10.1. The van der Waals surface area contributed by atoms with E-state index in [1.165, 1.54) is 0 Å². The molecule has 2 aromatic rings. The first-order valence-electron chi connectivity index (χ1n) is 6.78. The largest absolute Gasteiger partial charge is 0.495 e. The molecule has 1 N–H and O–H groups in total. The predicted molar refractivity (Wildman–Crippen MR) is 86.1 cm³/mol. The fourth-order valence-electron chi connectivity index (χ4n) is 2.16. The number of hydrogen-bond donors (Lipinski definition) is 1. The van der Waals surface area contributed by atoms with Gasteiger partial charge in [0.05, 0.1) is 12.8 Å². The third-order valence-corrected chi connectivity index (χ3v) is 3.53. The zero-order valence-electron chi connectivity index (χ0n) is 12.1. The Bertz CT molecular complexity index is 613. The van der Waals surface area contributed by atoms with E-state index in [0.29, 0.717) is 22.9 Å². The minimum absolute atomic E-state index is 0.0630. The maximum Gasteiger partial charge on any atom is 0.225 e. The van der Waals surface area contributed by atoms with Crippen molar-refractivity contribution in [2.45, 2.75) is 19.3 Å². The lowest BCUT2D eigenvalue weighted by Gasteiger charge is -2.14. The van der Waals surface area contributed by atoms with Crippen molar-refractivity contribution < 1.29 is 9.53 Å². The monoisotopic (exact) mass is 303 g/mol. The number of nitrogens with one attached hydrogen (secondary N) is 1. The molecule has 110 valence electrons. The minimum atomic E-state index is -0.0630. The van der Waals surface area contributed by atoms with Gasteiger partial charge in [0.1, 0.15) is 5.75 Å². The number of anilines is 1. The van der Waals surface area contributed by atoms with Crippen LogP contribution in [0.1, 0.15) is 24.8 Å². The van der Waals surface area contributed by atoms with Crippen LogP contribution < -0.4 is 10.1 Å². The van der Waals surface area contributed by atoms with Crippen molar-refractivity contribution in [3.8, 4) is 5.75 Å². The summed E-state index contributed by atoms with van der Waals surface area (Å²) in [5.74, 6) is 0.684. The summed E-state index contributed by atoms with van der Waals surface area (Å²) in [6.07, 6.45) is 0.402. The van der Waals surface area contributed by atoms with Gasteiger partial charge in [-0.25, -0.2) is 0 Å². The zero-order chi connectivity index (χ0) is 15.2. The molecular formula is C17H18ClNO2. The summed E-state index contributed by atoms with van der Waals surface area (Å²) < 4.78 is 5.22. The molecule has 0 aliphatic carbocycles. The Morgan fingerprint density at radius 2 is 1.95 bits per heavy atom. The molecule has 3 nitrogen and oxygen atoms in total. The molecule has 2 aromatic carbocycles. The molecule has 1 atom stereocenters. The van der Waals surface area contributed by atoms with E-state index in [2.05, 4.69) is 5.32 Å². The third-order valence-electron chi connectivity index (χ3n) is 3.30. The molecule has 0 aliphatic heterocycles. The minimum Gasteiger partial charge on any atom is -0.495 e. The molecule has 0 unspecified atom stereocenters. The highest BCUT2D eigenvalue weighted by atomic mass is 35.5. The number of halogens is 1. The van der Waals surface area contributed by atoms with Crippen molar-refractivity contribution >= 4 is 23.2 Å². The summed E-state index contributed by atoms with van der Waals surface area (Å²) in [6, 6.07) is 15.1. The van der Waals surface area contributed by atoms with Crippen molar-refractivity contribution in [2.75, 3.05) is 12.4 Å². The molecule has 1 amide bonds. The summed E-state index contributed by atoms with van der Waals surface area (Å²) in [6.45, 7) is 2.03. The number of benzene rings is 2. The molecule has 0 spiro atoms. The summed E-state index contributed by atoms with van der Waals surface area (Å²) in [5, 5.41) is 3.41. The number of ether oxygens (including phenoxy) is 1. The lowest BCUT2D eigenvalue weighted by atomic mass is 9.97. The number of carbonyl (C=O) groups is 1. The Kier molecular flexibility index (Phi) is 5.23. The Morgan fingerprint density at radius 3 is 2.62 bits per heavy atom. The SMILES string of the molecule is COc1ccc(Cl)cc1NC(=O)C[C@@H](C)c1ccccc1. The lowest BCUT2D eigenvalue weighted by molar-refractivity contribution is -0.116. The fourth-order valence-corrected chi connectivity index (χ4v) is 2.33. The van der Waals surface area contributed by atoms with Crippen LogP contribution in [0.3, 0.4) is 0 Å². The van der Waals surface area contributed by atoms with Crippen LogP contribution in [0.4, 0.5) is 5.69 Å². The van der Waals surface area contributed by atoms with Gasteiger partial charge in [0.2, 0.25) is 5.91 Å². The second-order valence-electron chi connectivity index (χ2n) is 4.91. The van der Waals surface area contributed by atoms with Crippen LogP contribution in [0, 0.1) is 0 Å². The van der Waals surface area contributed by atoms with E-state index in [4.69, 9.17) is 16.3 Å². The maximum absolute atomic E-state index is 12.2. The van der Waals surface area contributed by atoms with E-state index in [9.17, 15) is 4.79 Å². The average molecular weight is 304 g/mol.